The van der Waals surface area contributed by atoms with Gasteiger partial charge in [0.15, 0.2) is 5.76 Å². The van der Waals surface area contributed by atoms with Crippen LogP contribution in [0.3, 0.4) is 0 Å². The summed E-state index contributed by atoms with van der Waals surface area (Å²) in [6.45, 7) is 3.82. The maximum absolute atomic E-state index is 13.2. The van der Waals surface area contributed by atoms with Gasteiger partial charge in [-0.05, 0) is 56.4 Å². The average Bonchev–Trinajstić information content (AvgIpc) is 3.28. The Balaban J connectivity index is 1.80. The first-order valence-electron chi connectivity index (χ1n) is 10.3. The normalized spacial score (nSPS) is 10.8. The molecule has 1 N–H and O–H groups in total. The molecular formula is C25H29N3O3. The lowest BCUT2D eigenvalue weighted by Gasteiger charge is -2.23. The highest BCUT2D eigenvalue weighted by Crippen LogP contribution is 2.22. The highest BCUT2D eigenvalue weighted by atomic mass is 16.3. The third kappa shape index (κ3) is 6.55. The molecule has 0 fully saturated rings. The molecule has 0 unspecified atom stereocenters. The van der Waals surface area contributed by atoms with Gasteiger partial charge < -0.3 is 19.5 Å². The Morgan fingerprint density at radius 3 is 2.42 bits per heavy atom. The van der Waals surface area contributed by atoms with Gasteiger partial charge in [-0.25, -0.2) is 0 Å². The summed E-state index contributed by atoms with van der Waals surface area (Å²) in [5.41, 5.74) is 3.74. The molecule has 3 aromatic rings. The summed E-state index contributed by atoms with van der Waals surface area (Å²) in [5.74, 6) is 0.0125. The minimum Gasteiger partial charge on any atom is -0.459 e. The van der Waals surface area contributed by atoms with Crippen molar-refractivity contribution < 1.29 is 14.0 Å². The molecule has 6 heteroatoms. The van der Waals surface area contributed by atoms with Gasteiger partial charge in [-0.15, -0.1) is 0 Å². The zero-order chi connectivity index (χ0) is 22.2. The van der Waals surface area contributed by atoms with Crippen LogP contribution in [0.5, 0.6) is 0 Å². The van der Waals surface area contributed by atoms with Crippen molar-refractivity contribution in [3.8, 4) is 0 Å². The molecule has 162 valence electrons. The lowest BCUT2D eigenvalue weighted by Crippen LogP contribution is -2.32. The molecule has 3 rings (SSSR count). The molecule has 0 bridgehead atoms. The quantitative estimate of drug-likeness (QED) is 0.575. The second-order valence-electron chi connectivity index (χ2n) is 7.85. The largest absolute Gasteiger partial charge is 0.459 e. The van der Waals surface area contributed by atoms with Gasteiger partial charge in [-0.2, -0.15) is 0 Å². The Hall–Kier alpha value is -3.38. The summed E-state index contributed by atoms with van der Waals surface area (Å²) < 4.78 is 5.35. The highest BCUT2D eigenvalue weighted by molar-refractivity contribution is 6.04. The van der Waals surface area contributed by atoms with Crippen LogP contribution in [0.2, 0.25) is 0 Å². The molecule has 1 heterocycles. The van der Waals surface area contributed by atoms with Crippen molar-refractivity contribution in [2.45, 2.75) is 19.9 Å². The van der Waals surface area contributed by atoms with E-state index in [-0.39, 0.29) is 24.0 Å². The van der Waals surface area contributed by atoms with Crippen LogP contribution in [-0.4, -0.2) is 43.9 Å². The Bertz CT molecular complexity index is 995. The molecule has 0 saturated carbocycles. The van der Waals surface area contributed by atoms with E-state index in [1.165, 1.54) is 6.26 Å². The molecule has 6 nitrogen and oxygen atoms in total. The maximum atomic E-state index is 13.2. The highest BCUT2D eigenvalue weighted by Gasteiger charge is 2.21. The fourth-order valence-electron chi connectivity index (χ4n) is 3.19. The second-order valence-corrected chi connectivity index (χ2v) is 7.85. The monoisotopic (exact) mass is 419 g/mol. The number of hydrogen-bond acceptors (Lipinski definition) is 4. The van der Waals surface area contributed by atoms with E-state index in [0.717, 1.165) is 28.9 Å². The first-order valence-corrected chi connectivity index (χ1v) is 10.3. The third-order valence-electron chi connectivity index (χ3n) is 4.91. The molecule has 0 aliphatic rings. The van der Waals surface area contributed by atoms with Crippen LogP contribution >= 0.6 is 0 Å². The second kappa shape index (κ2) is 10.6. The fourth-order valence-corrected chi connectivity index (χ4v) is 3.19. The summed E-state index contributed by atoms with van der Waals surface area (Å²) in [6, 6.07) is 19.0. The zero-order valence-electron chi connectivity index (χ0n) is 18.3. The van der Waals surface area contributed by atoms with Gasteiger partial charge in [0.2, 0.25) is 5.91 Å². The van der Waals surface area contributed by atoms with Crippen molar-refractivity contribution in [3.05, 3.63) is 89.4 Å². The first-order chi connectivity index (χ1) is 14.9. The SMILES string of the molecule is Cc1ccc(CN(C(=O)c2ccco2)c2cccc(CC(=O)NCCN(C)C)c2)cc1. The van der Waals surface area contributed by atoms with Crippen LogP contribution in [0.4, 0.5) is 5.69 Å². The summed E-state index contributed by atoms with van der Waals surface area (Å²) >= 11 is 0. The molecule has 0 atom stereocenters. The van der Waals surface area contributed by atoms with E-state index in [1.54, 1.807) is 17.0 Å². The van der Waals surface area contributed by atoms with Crippen LogP contribution < -0.4 is 10.2 Å². The number of nitrogens with zero attached hydrogens (tertiary/aromatic N) is 2. The Kier molecular flexibility index (Phi) is 7.62. The summed E-state index contributed by atoms with van der Waals surface area (Å²) in [5, 5.41) is 2.93. The summed E-state index contributed by atoms with van der Waals surface area (Å²) in [7, 11) is 3.93. The number of furan rings is 1. The van der Waals surface area contributed by atoms with Crippen LogP contribution in [0.15, 0.2) is 71.3 Å². The minimum absolute atomic E-state index is 0.0403. The number of hydrogen-bond donors (Lipinski definition) is 1. The molecule has 2 aromatic carbocycles. The molecule has 0 aliphatic heterocycles. The Labute approximate surface area is 183 Å². The summed E-state index contributed by atoms with van der Waals surface area (Å²) in [6.07, 6.45) is 1.75. The van der Waals surface area contributed by atoms with Crippen molar-refractivity contribution in [3.63, 3.8) is 0 Å². The number of aryl methyl sites for hydroxylation is 1. The predicted octanol–water partition coefficient (Wildman–Crippen LogP) is 3.66. The van der Waals surface area contributed by atoms with Gasteiger partial charge >= 0.3 is 0 Å². The van der Waals surface area contributed by atoms with Crippen molar-refractivity contribution in [1.29, 1.82) is 0 Å². The first kappa shape index (κ1) is 22.3. The van der Waals surface area contributed by atoms with Gasteiger partial charge in [0.1, 0.15) is 0 Å². The lowest BCUT2D eigenvalue weighted by atomic mass is 10.1. The molecule has 31 heavy (non-hydrogen) atoms. The smallest absolute Gasteiger partial charge is 0.294 e. The van der Waals surface area contributed by atoms with Crippen molar-refractivity contribution in [2.24, 2.45) is 0 Å². The number of amides is 2. The number of rotatable bonds is 9. The number of carbonyl (C=O) groups excluding carboxylic acids is 2. The predicted molar refractivity (Wildman–Crippen MR) is 122 cm³/mol. The summed E-state index contributed by atoms with van der Waals surface area (Å²) in [4.78, 5) is 29.2. The molecule has 2 amide bonds. The minimum atomic E-state index is -0.224. The zero-order valence-corrected chi connectivity index (χ0v) is 18.3. The van der Waals surface area contributed by atoms with Crippen LogP contribution in [0.25, 0.3) is 0 Å². The van der Waals surface area contributed by atoms with E-state index in [4.69, 9.17) is 4.42 Å². The number of carbonyl (C=O) groups is 2. The van der Waals surface area contributed by atoms with E-state index < -0.39 is 0 Å². The van der Waals surface area contributed by atoms with Crippen molar-refractivity contribution in [2.75, 3.05) is 32.1 Å². The van der Waals surface area contributed by atoms with Crippen molar-refractivity contribution in [1.82, 2.24) is 10.2 Å². The van der Waals surface area contributed by atoms with Gasteiger partial charge in [-0.1, -0.05) is 42.0 Å². The van der Waals surface area contributed by atoms with E-state index in [9.17, 15) is 9.59 Å². The molecular weight excluding hydrogens is 390 g/mol. The number of nitrogens with one attached hydrogen (secondary N) is 1. The van der Waals surface area contributed by atoms with E-state index in [0.29, 0.717) is 13.1 Å². The van der Waals surface area contributed by atoms with Crippen LogP contribution in [0, 0.1) is 6.92 Å². The Morgan fingerprint density at radius 2 is 1.74 bits per heavy atom. The molecule has 0 saturated heterocycles. The third-order valence-corrected chi connectivity index (χ3v) is 4.91. The maximum Gasteiger partial charge on any atom is 0.294 e. The molecule has 0 aliphatic carbocycles. The van der Waals surface area contributed by atoms with Crippen LogP contribution in [-0.2, 0) is 17.8 Å². The lowest BCUT2D eigenvalue weighted by molar-refractivity contribution is -0.120. The van der Waals surface area contributed by atoms with E-state index >= 15 is 0 Å². The van der Waals surface area contributed by atoms with Gasteiger partial charge in [0.05, 0.1) is 19.2 Å². The number of benzene rings is 2. The standard InChI is InChI=1S/C25H29N3O3/c1-19-9-11-20(12-10-19)18-28(25(30)23-8-5-15-31-23)22-7-4-6-21(16-22)17-24(29)26-13-14-27(2)3/h4-12,15-16H,13-14,17-18H2,1-3H3,(H,26,29). The fraction of sp³-hybridized carbons (Fsp3) is 0.280. The molecule has 0 spiro atoms. The van der Waals surface area contributed by atoms with E-state index in [2.05, 4.69) is 5.32 Å². The van der Waals surface area contributed by atoms with Gasteiger partial charge in [-0.3, -0.25) is 9.59 Å². The number of anilines is 1. The average molecular weight is 420 g/mol. The molecule has 0 radical (unpaired) electrons. The van der Waals surface area contributed by atoms with Crippen molar-refractivity contribution >= 4 is 17.5 Å². The van der Waals surface area contributed by atoms with Crippen LogP contribution in [0.1, 0.15) is 27.2 Å². The van der Waals surface area contributed by atoms with Gasteiger partial charge in [0.25, 0.3) is 5.91 Å². The Morgan fingerprint density at radius 1 is 0.968 bits per heavy atom. The topological polar surface area (TPSA) is 65.8 Å². The van der Waals surface area contributed by atoms with Gasteiger partial charge in [0, 0.05) is 18.8 Å². The van der Waals surface area contributed by atoms with E-state index in [1.807, 2.05) is 74.4 Å². The molecule has 1 aromatic heterocycles. The number of likely N-dealkylation sites (N-methyl/N-ethyl adjacent to an activating group) is 1.